The van der Waals surface area contributed by atoms with Gasteiger partial charge in [0.15, 0.2) is 6.61 Å². The lowest BCUT2D eigenvalue weighted by Crippen LogP contribution is -2.23. The molecule has 0 radical (unpaired) electrons. The summed E-state index contributed by atoms with van der Waals surface area (Å²) < 4.78 is 7.56. The lowest BCUT2D eigenvalue weighted by molar-refractivity contribution is -0.118. The van der Waals surface area contributed by atoms with Gasteiger partial charge in [-0.25, -0.2) is 4.68 Å². The zero-order valence-electron chi connectivity index (χ0n) is 13.7. The first-order chi connectivity index (χ1) is 11.1. The van der Waals surface area contributed by atoms with Crippen molar-refractivity contribution in [3.63, 3.8) is 0 Å². The molecule has 5 heteroatoms. The molecule has 0 spiro atoms. The molecule has 0 bridgehead atoms. The van der Waals surface area contributed by atoms with Crippen LogP contribution in [-0.4, -0.2) is 22.3 Å². The van der Waals surface area contributed by atoms with Gasteiger partial charge in [-0.3, -0.25) is 4.79 Å². The van der Waals surface area contributed by atoms with Crippen LogP contribution in [0.3, 0.4) is 0 Å². The Morgan fingerprint density at radius 1 is 1.30 bits per heavy atom. The van der Waals surface area contributed by atoms with E-state index in [4.69, 9.17) is 4.74 Å². The van der Waals surface area contributed by atoms with Crippen molar-refractivity contribution in [3.05, 3.63) is 41.6 Å². The maximum Gasteiger partial charge on any atom is 0.263 e. The van der Waals surface area contributed by atoms with Crippen LogP contribution >= 0.6 is 0 Å². The van der Waals surface area contributed by atoms with Gasteiger partial charge in [0.1, 0.15) is 11.6 Å². The van der Waals surface area contributed by atoms with Crippen LogP contribution in [-0.2, 0) is 4.79 Å². The van der Waals surface area contributed by atoms with E-state index in [9.17, 15) is 4.79 Å². The second-order valence-electron chi connectivity index (χ2n) is 6.21. The van der Waals surface area contributed by atoms with Crippen molar-refractivity contribution in [2.45, 2.75) is 45.6 Å². The number of ether oxygens (including phenoxy) is 1. The molecule has 1 aromatic heterocycles. The quantitative estimate of drug-likeness (QED) is 0.917. The standard InChI is InChI=1S/C18H23N3O2/c1-13-7-8-16(14(2)11-13)23-12-18(22)20-17-9-10-19-21(17)15-5-3-4-6-15/h7-11,15H,3-6,12H2,1-2H3,(H,20,22). The lowest BCUT2D eigenvalue weighted by Gasteiger charge is -2.15. The van der Waals surface area contributed by atoms with Gasteiger partial charge in [-0.1, -0.05) is 30.5 Å². The summed E-state index contributed by atoms with van der Waals surface area (Å²) in [5, 5.41) is 7.26. The van der Waals surface area contributed by atoms with Crippen molar-refractivity contribution < 1.29 is 9.53 Å². The van der Waals surface area contributed by atoms with E-state index >= 15 is 0 Å². The van der Waals surface area contributed by atoms with Gasteiger partial charge in [0, 0.05) is 6.07 Å². The number of carbonyl (C=O) groups is 1. The van der Waals surface area contributed by atoms with E-state index in [1.807, 2.05) is 42.8 Å². The van der Waals surface area contributed by atoms with E-state index in [0.29, 0.717) is 6.04 Å². The first-order valence-electron chi connectivity index (χ1n) is 8.17. The molecule has 1 aliphatic carbocycles. The molecule has 1 N–H and O–H groups in total. The molecule has 1 fully saturated rings. The molecule has 2 aromatic rings. The highest BCUT2D eigenvalue weighted by molar-refractivity contribution is 5.91. The van der Waals surface area contributed by atoms with Crippen LogP contribution in [0.25, 0.3) is 0 Å². The summed E-state index contributed by atoms with van der Waals surface area (Å²) in [5.41, 5.74) is 2.22. The van der Waals surface area contributed by atoms with E-state index in [1.54, 1.807) is 6.20 Å². The zero-order chi connectivity index (χ0) is 16.2. The summed E-state index contributed by atoms with van der Waals surface area (Å²) in [6, 6.07) is 8.17. The monoisotopic (exact) mass is 313 g/mol. The molecular formula is C18H23N3O2. The van der Waals surface area contributed by atoms with E-state index in [1.165, 1.54) is 18.4 Å². The van der Waals surface area contributed by atoms with Crippen LogP contribution in [0, 0.1) is 13.8 Å². The Bertz CT molecular complexity index is 687. The molecule has 0 aliphatic heterocycles. The summed E-state index contributed by atoms with van der Waals surface area (Å²) in [6.07, 6.45) is 6.45. The summed E-state index contributed by atoms with van der Waals surface area (Å²) in [5.74, 6) is 1.34. The van der Waals surface area contributed by atoms with E-state index in [0.717, 1.165) is 30.0 Å². The number of hydrogen-bond donors (Lipinski definition) is 1. The SMILES string of the molecule is Cc1ccc(OCC(=O)Nc2ccnn2C2CCCC2)c(C)c1. The third-order valence-electron chi connectivity index (χ3n) is 4.30. The summed E-state index contributed by atoms with van der Waals surface area (Å²) in [7, 11) is 0. The predicted molar refractivity (Wildman–Crippen MR) is 89.8 cm³/mol. The van der Waals surface area contributed by atoms with Crippen LogP contribution in [0.5, 0.6) is 5.75 Å². The number of aromatic nitrogens is 2. The molecule has 23 heavy (non-hydrogen) atoms. The van der Waals surface area contributed by atoms with Crippen LogP contribution in [0.1, 0.15) is 42.9 Å². The summed E-state index contributed by atoms with van der Waals surface area (Å²) in [6.45, 7) is 4.02. The maximum atomic E-state index is 12.2. The van der Waals surface area contributed by atoms with Crippen LogP contribution in [0.15, 0.2) is 30.5 Å². The van der Waals surface area contributed by atoms with E-state index < -0.39 is 0 Å². The van der Waals surface area contributed by atoms with Crippen molar-refractivity contribution in [3.8, 4) is 5.75 Å². The van der Waals surface area contributed by atoms with Gasteiger partial charge >= 0.3 is 0 Å². The highest BCUT2D eigenvalue weighted by Crippen LogP contribution is 2.31. The highest BCUT2D eigenvalue weighted by atomic mass is 16.5. The minimum Gasteiger partial charge on any atom is -0.483 e. The number of amides is 1. The van der Waals surface area contributed by atoms with Gasteiger partial charge in [0.05, 0.1) is 12.2 Å². The molecule has 5 nitrogen and oxygen atoms in total. The molecule has 1 saturated carbocycles. The Labute approximate surface area is 136 Å². The van der Waals surface area contributed by atoms with Crippen molar-refractivity contribution in [1.29, 1.82) is 0 Å². The molecule has 3 rings (SSSR count). The molecule has 1 aliphatic rings. The molecular weight excluding hydrogens is 290 g/mol. The first-order valence-corrected chi connectivity index (χ1v) is 8.17. The summed E-state index contributed by atoms with van der Waals surface area (Å²) >= 11 is 0. The third kappa shape index (κ3) is 3.73. The molecule has 1 amide bonds. The van der Waals surface area contributed by atoms with Crippen molar-refractivity contribution in [2.24, 2.45) is 0 Å². The predicted octanol–water partition coefficient (Wildman–Crippen LogP) is 3.63. The second kappa shape index (κ2) is 6.86. The van der Waals surface area contributed by atoms with Crippen molar-refractivity contribution in [1.82, 2.24) is 9.78 Å². The molecule has 0 saturated heterocycles. The number of benzene rings is 1. The Kier molecular flexibility index (Phi) is 4.65. The molecule has 0 unspecified atom stereocenters. The Balaban J connectivity index is 1.58. The fraction of sp³-hybridized carbons (Fsp3) is 0.444. The van der Waals surface area contributed by atoms with Crippen LogP contribution < -0.4 is 10.1 Å². The average molecular weight is 313 g/mol. The number of hydrogen-bond acceptors (Lipinski definition) is 3. The maximum absolute atomic E-state index is 12.2. The Morgan fingerprint density at radius 3 is 2.83 bits per heavy atom. The first kappa shape index (κ1) is 15.6. The molecule has 0 atom stereocenters. The molecule has 1 heterocycles. The number of nitrogens with one attached hydrogen (secondary N) is 1. The minimum absolute atomic E-state index is 0.000250. The second-order valence-corrected chi connectivity index (χ2v) is 6.21. The average Bonchev–Trinajstić information content (AvgIpc) is 3.17. The Morgan fingerprint density at radius 2 is 2.09 bits per heavy atom. The zero-order valence-corrected chi connectivity index (χ0v) is 13.7. The molecule has 1 aromatic carbocycles. The number of aryl methyl sites for hydroxylation is 2. The number of anilines is 1. The number of carbonyl (C=O) groups excluding carboxylic acids is 1. The number of nitrogens with zero attached hydrogens (tertiary/aromatic N) is 2. The van der Waals surface area contributed by atoms with Gasteiger partial charge in [0.2, 0.25) is 0 Å². The van der Waals surface area contributed by atoms with Crippen molar-refractivity contribution >= 4 is 11.7 Å². The minimum atomic E-state index is -0.162. The van der Waals surface area contributed by atoms with Crippen LogP contribution in [0.2, 0.25) is 0 Å². The van der Waals surface area contributed by atoms with Gasteiger partial charge in [-0.15, -0.1) is 0 Å². The van der Waals surface area contributed by atoms with E-state index in [-0.39, 0.29) is 12.5 Å². The number of rotatable bonds is 5. The highest BCUT2D eigenvalue weighted by Gasteiger charge is 2.20. The lowest BCUT2D eigenvalue weighted by atomic mass is 10.1. The fourth-order valence-electron chi connectivity index (χ4n) is 3.14. The normalized spacial score (nSPS) is 14.9. The summed E-state index contributed by atoms with van der Waals surface area (Å²) in [4.78, 5) is 12.2. The van der Waals surface area contributed by atoms with Crippen molar-refractivity contribution in [2.75, 3.05) is 11.9 Å². The van der Waals surface area contributed by atoms with Gasteiger partial charge in [0.25, 0.3) is 5.91 Å². The smallest absolute Gasteiger partial charge is 0.263 e. The fourth-order valence-corrected chi connectivity index (χ4v) is 3.14. The Hall–Kier alpha value is -2.30. The third-order valence-corrected chi connectivity index (χ3v) is 4.30. The molecule has 122 valence electrons. The van der Waals surface area contributed by atoms with Crippen LogP contribution in [0.4, 0.5) is 5.82 Å². The topological polar surface area (TPSA) is 56.1 Å². The van der Waals surface area contributed by atoms with E-state index in [2.05, 4.69) is 10.4 Å². The van der Waals surface area contributed by atoms with Gasteiger partial charge in [-0.2, -0.15) is 5.10 Å². The van der Waals surface area contributed by atoms with Gasteiger partial charge in [-0.05, 0) is 38.3 Å². The van der Waals surface area contributed by atoms with Gasteiger partial charge < -0.3 is 10.1 Å². The largest absolute Gasteiger partial charge is 0.483 e.